The van der Waals surface area contributed by atoms with Gasteiger partial charge in [-0.25, -0.2) is 0 Å². The summed E-state index contributed by atoms with van der Waals surface area (Å²) in [5, 5.41) is 12.3. The van der Waals surface area contributed by atoms with Crippen molar-refractivity contribution >= 4 is 11.4 Å². The lowest BCUT2D eigenvalue weighted by molar-refractivity contribution is 0.282. The maximum atomic E-state index is 8.99. The summed E-state index contributed by atoms with van der Waals surface area (Å²) < 4.78 is 5.17. The first-order valence-corrected chi connectivity index (χ1v) is 5.84. The Morgan fingerprint density at radius 2 is 1.83 bits per heavy atom. The summed E-state index contributed by atoms with van der Waals surface area (Å²) in [6.07, 6.45) is 0. The molecule has 0 radical (unpaired) electrons. The fourth-order valence-corrected chi connectivity index (χ4v) is 1.75. The van der Waals surface area contributed by atoms with Crippen LogP contribution in [0.1, 0.15) is 11.1 Å². The molecule has 2 aromatic rings. The Kier molecular flexibility index (Phi) is 3.85. The van der Waals surface area contributed by atoms with Crippen LogP contribution in [0.5, 0.6) is 5.75 Å². The van der Waals surface area contributed by atoms with Gasteiger partial charge in [-0.1, -0.05) is 12.1 Å². The van der Waals surface area contributed by atoms with Gasteiger partial charge >= 0.3 is 0 Å². The van der Waals surface area contributed by atoms with Gasteiger partial charge in [0.25, 0.3) is 0 Å². The van der Waals surface area contributed by atoms with Crippen molar-refractivity contribution in [2.24, 2.45) is 0 Å². The predicted molar refractivity (Wildman–Crippen MR) is 73.4 cm³/mol. The van der Waals surface area contributed by atoms with E-state index in [-0.39, 0.29) is 6.61 Å². The summed E-state index contributed by atoms with van der Waals surface area (Å²) >= 11 is 0. The molecule has 0 atom stereocenters. The smallest absolute Gasteiger partial charge is 0.119 e. The molecule has 18 heavy (non-hydrogen) atoms. The Morgan fingerprint density at radius 3 is 2.39 bits per heavy atom. The first-order valence-electron chi connectivity index (χ1n) is 5.84. The zero-order chi connectivity index (χ0) is 13.0. The fourth-order valence-electron chi connectivity index (χ4n) is 1.75. The first kappa shape index (κ1) is 12.5. The van der Waals surface area contributed by atoms with Gasteiger partial charge in [0, 0.05) is 11.4 Å². The highest BCUT2D eigenvalue weighted by molar-refractivity contribution is 5.64. The fraction of sp³-hybridized carbons (Fsp3) is 0.200. The summed E-state index contributed by atoms with van der Waals surface area (Å²) in [5.41, 5.74) is 4.08. The van der Waals surface area contributed by atoms with E-state index in [2.05, 4.69) is 5.32 Å². The summed E-state index contributed by atoms with van der Waals surface area (Å²) in [6.45, 7) is 2.11. The number of ether oxygens (including phenoxy) is 1. The third-order valence-corrected chi connectivity index (χ3v) is 2.85. The number of hydrogen-bond donors (Lipinski definition) is 2. The molecule has 0 fully saturated rings. The summed E-state index contributed by atoms with van der Waals surface area (Å²) in [6, 6.07) is 13.6. The Labute approximate surface area is 107 Å². The number of aryl methyl sites for hydroxylation is 1. The van der Waals surface area contributed by atoms with Crippen LogP contribution in [0.3, 0.4) is 0 Å². The van der Waals surface area contributed by atoms with Crippen LogP contribution in [0.4, 0.5) is 11.4 Å². The van der Waals surface area contributed by atoms with Crippen molar-refractivity contribution in [3.63, 3.8) is 0 Å². The molecular weight excluding hydrogens is 226 g/mol. The van der Waals surface area contributed by atoms with Crippen LogP contribution in [-0.2, 0) is 6.61 Å². The highest BCUT2D eigenvalue weighted by Gasteiger charge is 2.01. The van der Waals surface area contributed by atoms with Crippen LogP contribution in [-0.4, -0.2) is 12.2 Å². The Morgan fingerprint density at radius 1 is 1.11 bits per heavy atom. The van der Waals surface area contributed by atoms with E-state index in [4.69, 9.17) is 9.84 Å². The Bertz CT molecular complexity index is 521. The standard InChI is InChI=1S/C15H17NO2/c1-11-9-14(18-2)7-8-15(11)16-13-5-3-12(10-17)4-6-13/h3-9,16-17H,10H2,1-2H3. The van der Waals surface area contributed by atoms with E-state index in [9.17, 15) is 0 Å². The topological polar surface area (TPSA) is 41.5 Å². The van der Waals surface area contributed by atoms with E-state index in [1.807, 2.05) is 49.4 Å². The monoisotopic (exact) mass is 243 g/mol. The van der Waals surface area contributed by atoms with E-state index < -0.39 is 0 Å². The largest absolute Gasteiger partial charge is 0.497 e. The third kappa shape index (κ3) is 2.81. The van der Waals surface area contributed by atoms with Crippen LogP contribution in [0.25, 0.3) is 0 Å². The molecule has 3 heteroatoms. The van der Waals surface area contributed by atoms with E-state index in [1.165, 1.54) is 0 Å². The molecule has 2 N–H and O–H groups in total. The number of nitrogens with one attached hydrogen (secondary N) is 1. The lowest BCUT2D eigenvalue weighted by Crippen LogP contribution is -1.94. The molecule has 0 aliphatic carbocycles. The number of methoxy groups -OCH3 is 1. The van der Waals surface area contributed by atoms with Gasteiger partial charge in [-0.2, -0.15) is 0 Å². The van der Waals surface area contributed by atoms with E-state index in [1.54, 1.807) is 7.11 Å². The van der Waals surface area contributed by atoms with Crippen molar-refractivity contribution < 1.29 is 9.84 Å². The van der Waals surface area contributed by atoms with Crippen LogP contribution < -0.4 is 10.1 Å². The second kappa shape index (κ2) is 5.56. The molecule has 0 unspecified atom stereocenters. The maximum absolute atomic E-state index is 8.99. The van der Waals surface area contributed by atoms with Crippen LogP contribution in [0.2, 0.25) is 0 Å². The first-order chi connectivity index (χ1) is 8.72. The van der Waals surface area contributed by atoms with Gasteiger partial charge in [0.2, 0.25) is 0 Å². The number of aliphatic hydroxyl groups excluding tert-OH is 1. The predicted octanol–water partition coefficient (Wildman–Crippen LogP) is 3.24. The molecule has 0 spiro atoms. The van der Waals surface area contributed by atoms with Crippen molar-refractivity contribution in [3.05, 3.63) is 53.6 Å². The van der Waals surface area contributed by atoms with Crippen molar-refractivity contribution in [2.75, 3.05) is 12.4 Å². The molecule has 0 saturated heterocycles. The van der Waals surface area contributed by atoms with Crippen molar-refractivity contribution in [1.29, 1.82) is 0 Å². The SMILES string of the molecule is COc1ccc(Nc2ccc(CO)cc2)c(C)c1. The summed E-state index contributed by atoms with van der Waals surface area (Å²) in [4.78, 5) is 0. The molecule has 0 saturated carbocycles. The minimum atomic E-state index is 0.0713. The minimum Gasteiger partial charge on any atom is -0.497 e. The molecule has 3 nitrogen and oxygen atoms in total. The second-order valence-corrected chi connectivity index (χ2v) is 4.16. The number of benzene rings is 2. The van der Waals surface area contributed by atoms with Gasteiger partial charge in [-0.05, 0) is 48.4 Å². The van der Waals surface area contributed by atoms with E-state index >= 15 is 0 Å². The molecule has 0 heterocycles. The quantitative estimate of drug-likeness (QED) is 0.866. The highest BCUT2D eigenvalue weighted by atomic mass is 16.5. The molecule has 0 aromatic heterocycles. The number of anilines is 2. The summed E-state index contributed by atoms with van der Waals surface area (Å²) in [7, 11) is 1.66. The van der Waals surface area contributed by atoms with Gasteiger partial charge in [0.05, 0.1) is 13.7 Å². The van der Waals surface area contributed by atoms with Gasteiger partial charge < -0.3 is 15.2 Å². The number of hydrogen-bond acceptors (Lipinski definition) is 3. The normalized spacial score (nSPS) is 10.2. The molecule has 2 aromatic carbocycles. The molecule has 0 bridgehead atoms. The zero-order valence-electron chi connectivity index (χ0n) is 10.6. The number of rotatable bonds is 4. The maximum Gasteiger partial charge on any atom is 0.119 e. The van der Waals surface area contributed by atoms with Gasteiger partial charge in [-0.3, -0.25) is 0 Å². The Hall–Kier alpha value is -2.00. The molecule has 0 aliphatic rings. The van der Waals surface area contributed by atoms with E-state index in [0.717, 1.165) is 28.3 Å². The average molecular weight is 243 g/mol. The van der Waals surface area contributed by atoms with Gasteiger partial charge in [0.1, 0.15) is 5.75 Å². The zero-order valence-corrected chi connectivity index (χ0v) is 10.6. The number of aliphatic hydroxyl groups is 1. The minimum absolute atomic E-state index is 0.0713. The lowest BCUT2D eigenvalue weighted by atomic mass is 10.1. The second-order valence-electron chi connectivity index (χ2n) is 4.16. The van der Waals surface area contributed by atoms with Crippen LogP contribution in [0.15, 0.2) is 42.5 Å². The molecule has 0 aliphatic heterocycles. The lowest BCUT2D eigenvalue weighted by Gasteiger charge is -2.11. The van der Waals surface area contributed by atoms with E-state index in [0.29, 0.717) is 0 Å². The van der Waals surface area contributed by atoms with Crippen molar-refractivity contribution in [1.82, 2.24) is 0 Å². The summed E-state index contributed by atoms with van der Waals surface area (Å²) in [5.74, 6) is 0.855. The average Bonchev–Trinajstić information content (AvgIpc) is 2.42. The van der Waals surface area contributed by atoms with Gasteiger partial charge in [0.15, 0.2) is 0 Å². The molecule has 94 valence electrons. The third-order valence-electron chi connectivity index (χ3n) is 2.85. The molecule has 2 rings (SSSR count). The molecular formula is C15H17NO2. The van der Waals surface area contributed by atoms with Crippen molar-refractivity contribution in [3.8, 4) is 5.75 Å². The van der Waals surface area contributed by atoms with Crippen LogP contribution in [0, 0.1) is 6.92 Å². The van der Waals surface area contributed by atoms with Gasteiger partial charge in [-0.15, -0.1) is 0 Å². The Balaban J connectivity index is 2.17. The van der Waals surface area contributed by atoms with Crippen LogP contribution >= 0.6 is 0 Å². The highest BCUT2D eigenvalue weighted by Crippen LogP contribution is 2.24. The molecule has 0 amide bonds. The van der Waals surface area contributed by atoms with Crippen molar-refractivity contribution in [2.45, 2.75) is 13.5 Å².